The number of anilines is 3. The largest absolute Gasteiger partial charge is 0.366 e. The molecule has 0 aliphatic rings. The van der Waals surface area contributed by atoms with Crippen molar-refractivity contribution in [2.75, 3.05) is 10.6 Å². The highest BCUT2D eigenvalue weighted by molar-refractivity contribution is 6.30. The second kappa shape index (κ2) is 7.11. The summed E-state index contributed by atoms with van der Waals surface area (Å²) in [5.74, 6) is 1.32. The summed E-state index contributed by atoms with van der Waals surface area (Å²) in [5.41, 5.74) is 3.36. The van der Waals surface area contributed by atoms with Gasteiger partial charge in [-0.2, -0.15) is 4.98 Å². The van der Waals surface area contributed by atoms with E-state index in [4.69, 9.17) is 11.6 Å². The van der Waals surface area contributed by atoms with E-state index in [1.807, 2.05) is 30.3 Å². The average Bonchev–Trinajstić information content (AvgIpc) is 2.57. The lowest BCUT2D eigenvalue weighted by Crippen LogP contribution is -2.04. The maximum Gasteiger partial charge on any atom is 0.229 e. The van der Waals surface area contributed by atoms with Gasteiger partial charge in [0.05, 0.1) is 0 Å². The Morgan fingerprint density at radius 3 is 2.43 bits per heavy atom. The first-order valence-electron chi connectivity index (χ1n) is 7.34. The Labute approximate surface area is 140 Å². The molecule has 0 atom stereocenters. The van der Waals surface area contributed by atoms with E-state index in [0.29, 0.717) is 11.0 Å². The smallest absolute Gasteiger partial charge is 0.229 e. The number of halogens is 1. The fourth-order valence-electron chi connectivity index (χ4n) is 2.08. The maximum absolute atomic E-state index is 5.88. The molecule has 23 heavy (non-hydrogen) atoms. The Morgan fingerprint density at radius 2 is 1.70 bits per heavy atom. The van der Waals surface area contributed by atoms with Crippen LogP contribution in [0.15, 0.2) is 60.8 Å². The van der Waals surface area contributed by atoms with Gasteiger partial charge < -0.3 is 10.6 Å². The summed E-state index contributed by atoms with van der Waals surface area (Å²) in [4.78, 5) is 8.69. The number of nitrogens with one attached hydrogen (secondary N) is 2. The molecule has 3 rings (SSSR count). The molecule has 0 saturated heterocycles. The van der Waals surface area contributed by atoms with Gasteiger partial charge in [-0.05, 0) is 42.8 Å². The Morgan fingerprint density at radius 1 is 0.957 bits per heavy atom. The van der Waals surface area contributed by atoms with Crippen molar-refractivity contribution < 1.29 is 0 Å². The monoisotopic (exact) mass is 324 g/mol. The van der Waals surface area contributed by atoms with Crippen molar-refractivity contribution in [3.05, 3.63) is 76.9 Å². The first-order chi connectivity index (χ1) is 11.2. The summed E-state index contributed by atoms with van der Waals surface area (Å²) in [7, 11) is 0. The number of aryl methyl sites for hydroxylation is 1. The lowest BCUT2D eigenvalue weighted by atomic mass is 10.1. The predicted octanol–water partition coefficient (Wildman–Crippen LogP) is 4.79. The van der Waals surface area contributed by atoms with Gasteiger partial charge >= 0.3 is 0 Å². The zero-order valence-electron chi connectivity index (χ0n) is 12.8. The second-order valence-electron chi connectivity index (χ2n) is 5.24. The van der Waals surface area contributed by atoms with Gasteiger partial charge in [-0.1, -0.05) is 41.4 Å². The van der Waals surface area contributed by atoms with Crippen LogP contribution in [0.2, 0.25) is 5.02 Å². The third-order valence-corrected chi connectivity index (χ3v) is 3.60. The lowest BCUT2D eigenvalue weighted by molar-refractivity contribution is 1.08. The fourth-order valence-corrected chi connectivity index (χ4v) is 2.20. The van der Waals surface area contributed by atoms with Crippen LogP contribution >= 0.6 is 11.6 Å². The van der Waals surface area contributed by atoms with Gasteiger partial charge in [0, 0.05) is 23.5 Å². The van der Waals surface area contributed by atoms with Crippen molar-refractivity contribution >= 4 is 29.1 Å². The van der Waals surface area contributed by atoms with Crippen molar-refractivity contribution in [2.24, 2.45) is 0 Å². The van der Waals surface area contributed by atoms with E-state index in [1.165, 1.54) is 11.1 Å². The molecule has 0 radical (unpaired) electrons. The second-order valence-corrected chi connectivity index (χ2v) is 5.67. The molecule has 5 heteroatoms. The molecule has 0 unspecified atom stereocenters. The molecule has 1 heterocycles. The maximum atomic E-state index is 5.88. The summed E-state index contributed by atoms with van der Waals surface area (Å²) < 4.78 is 0. The van der Waals surface area contributed by atoms with Gasteiger partial charge in [-0.25, -0.2) is 4.98 Å². The van der Waals surface area contributed by atoms with Crippen molar-refractivity contribution in [1.29, 1.82) is 0 Å². The Kier molecular flexibility index (Phi) is 4.74. The minimum absolute atomic E-state index is 0.543. The van der Waals surface area contributed by atoms with Crippen LogP contribution in [-0.2, 0) is 6.54 Å². The number of aromatic nitrogens is 2. The van der Waals surface area contributed by atoms with Crippen LogP contribution in [-0.4, -0.2) is 9.97 Å². The number of nitrogens with zero attached hydrogens (tertiary/aromatic N) is 2. The molecule has 0 aliphatic heterocycles. The fraction of sp³-hybridized carbons (Fsp3) is 0.111. The van der Waals surface area contributed by atoms with Crippen LogP contribution in [0.3, 0.4) is 0 Å². The van der Waals surface area contributed by atoms with Gasteiger partial charge in [0.25, 0.3) is 0 Å². The summed E-state index contributed by atoms with van der Waals surface area (Å²) >= 11 is 5.88. The van der Waals surface area contributed by atoms with Gasteiger partial charge in [-0.3, -0.25) is 0 Å². The third kappa shape index (κ3) is 4.44. The number of hydrogen-bond acceptors (Lipinski definition) is 4. The van der Waals surface area contributed by atoms with Gasteiger partial charge in [0.2, 0.25) is 5.95 Å². The molecule has 0 bridgehead atoms. The van der Waals surface area contributed by atoms with E-state index >= 15 is 0 Å². The molecule has 0 saturated carbocycles. The lowest BCUT2D eigenvalue weighted by Gasteiger charge is -2.09. The molecule has 3 aromatic rings. The third-order valence-electron chi connectivity index (χ3n) is 3.35. The molecular formula is C18H17ClN4. The summed E-state index contributed by atoms with van der Waals surface area (Å²) in [6.07, 6.45) is 1.72. The van der Waals surface area contributed by atoms with Crippen LogP contribution in [0.5, 0.6) is 0 Å². The predicted molar refractivity (Wildman–Crippen MR) is 95.3 cm³/mol. The Bertz CT molecular complexity index is 770. The van der Waals surface area contributed by atoms with Gasteiger partial charge in [-0.15, -0.1) is 0 Å². The number of benzene rings is 2. The highest BCUT2D eigenvalue weighted by atomic mass is 35.5. The van der Waals surface area contributed by atoms with Crippen molar-refractivity contribution in [1.82, 2.24) is 9.97 Å². The number of rotatable bonds is 5. The van der Waals surface area contributed by atoms with Crippen molar-refractivity contribution in [3.63, 3.8) is 0 Å². The van der Waals surface area contributed by atoms with E-state index in [-0.39, 0.29) is 0 Å². The normalized spacial score (nSPS) is 10.3. The van der Waals surface area contributed by atoms with Crippen LogP contribution in [0, 0.1) is 6.92 Å². The molecule has 0 fully saturated rings. The Balaban J connectivity index is 1.65. The van der Waals surface area contributed by atoms with E-state index in [2.05, 4.69) is 51.8 Å². The van der Waals surface area contributed by atoms with E-state index in [9.17, 15) is 0 Å². The quantitative estimate of drug-likeness (QED) is 0.708. The van der Waals surface area contributed by atoms with Gasteiger partial charge in [0.15, 0.2) is 0 Å². The van der Waals surface area contributed by atoms with Crippen molar-refractivity contribution in [3.8, 4) is 0 Å². The van der Waals surface area contributed by atoms with E-state index in [1.54, 1.807) is 6.20 Å². The molecule has 2 N–H and O–H groups in total. The molecule has 0 amide bonds. The first kappa shape index (κ1) is 15.3. The van der Waals surface area contributed by atoms with Crippen molar-refractivity contribution in [2.45, 2.75) is 13.5 Å². The van der Waals surface area contributed by atoms with Crippen LogP contribution < -0.4 is 10.6 Å². The van der Waals surface area contributed by atoms with Crippen LogP contribution in [0.4, 0.5) is 17.5 Å². The standard InChI is InChI=1S/C18H17ClN4/c1-13-2-4-14(5-3-13)12-21-17-10-11-20-18(23-17)22-16-8-6-15(19)7-9-16/h2-11H,12H2,1H3,(H2,20,21,22,23). The summed E-state index contributed by atoms with van der Waals surface area (Å²) in [6.45, 7) is 2.80. The van der Waals surface area contributed by atoms with Crippen LogP contribution in [0.25, 0.3) is 0 Å². The zero-order chi connectivity index (χ0) is 16.1. The van der Waals surface area contributed by atoms with Gasteiger partial charge in [0.1, 0.15) is 5.82 Å². The highest BCUT2D eigenvalue weighted by Crippen LogP contribution is 2.17. The zero-order valence-corrected chi connectivity index (χ0v) is 13.5. The average molecular weight is 325 g/mol. The molecular weight excluding hydrogens is 308 g/mol. The minimum atomic E-state index is 0.543. The SMILES string of the molecule is Cc1ccc(CNc2ccnc(Nc3ccc(Cl)cc3)n2)cc1. The molecule has 2 aromatic carbocycles. The minimum Gasteiger partial charge on any atom is -0.366 e. The topological polar surface area (TPSA) is 49.8 Å². The molecule has 116 valence electrons. The molecule has 1 aromatic heterocycles. The summed E-state index contributed by atoms with van der Waals surface area (Å²) in [6, 6.07) is 17.7. The number of hydrogen-bond donors (Lipinski definition) is 2. The molecule has 0 aliphatic carbocycles. The molecule has 0 spiro atoms. The van der Waals surface area contributed by atoms with E-state index < -0.39 is 0 Å². The first-order valence-corrected chi connectivity index (χ1v) is 7.72. The van der Waals surface area contributed by atoms with Crippen LogP contribution in [0.1, 0.15) is 11.1 Å². The molecule has 4 nitrogen and oxygen atoms in total. The highest BCUT2D eigenvalue weighted by Gasteiger charge is 2.01. The summed E-state index contributed by atoms with van der Waals surface area (Å²) in [5, 5.41) is 7.16. The Hall–Kier alpha value is -2.59. The van der Waals surface area contributed by atoms with E-state index in [0.717, 1.165) is 18.1 Å².